The Labute approximate surface area is 127 Å². The Kier molecular flexibility index (Phi) is 5.79. The minimum Gasteiger partial charge on any atom is -0.395 e. The fraction of sp³-hybridized carbons (Fsp3) is 0.750. The molecule has 2 rings (SSSR count). The van der Waals surface area contributed by atoms with E-state index in [-0.39, 0.29) is 6.61 Å². The van der Waals surface area contributed by atoms with Crippen molar-refractivity contribution in [2.24, 2.45) is 0 Å². The molecule has 1 aromatic rings. The molecule has 0 radical (unpaired) electrons. The quantitative estimate of drug-likeness (QED) is 0.809. The van der Waals surface area contributed by atoms with Crippen molar-refractivity contribution < 1.29 is 5.11 Å². The lowest BCUT2D eigenvalue weighted by Gasteiger charge is -2.32. The SMILES string of the molecule is CCNc1ncnc(N(CCO)C2CCCC2)c1C(C)C. The van der Waals surface area contributed by atoms with Gasteiger partial charge in [0.05, 0.1) is 6.61 Å². The molecule has 2 N–H and O–H groups in total. The van der Waals surface area contributed by atoms with Crippen LogP contribution in [0, 0.1) is 0 Å². The Morgan fingerprint density at radius 3 is 2.62 bits per heavy atom. The van der Waals surface area contributed by atoms with Crippen molar-refractivity contribution >= 4 is 11.6 Å². The van der Waals surface area contributed by atoms with Crippen LogP contribution < -0.4 is 10.2 Å². The van der Waals surface area contributed by atoms with Gasteiger partial charge in [-0.05, 0) is 25.7 Å². The van der Waals surface area contributed by atoms with E-state index in [4.69, 9.17) is 0 Å². The highest BCUT2D eigenvalue weighted by Gasteiger charge is 2.27. The Bertz CT molecular complexity index is 444. The van der Waals surface area contributed by atoms with Crippen molar-refractivity contribution in [3.05, 3.63) is 11.9 Å². The number of nitrogens with zero attached hydrogens (tertiary/aromatic N) is 3. The zero-order chi connectivity index (χ0) is 15.2. The third kappa shape index (κ3) is 3.64. The van der Waals surface area contributed by atoms with E-state index in [1.807, 2.05) is 0 Å². The van der Waals surface area contributed by atoms with Crippen LogP contribution in [0.25, 0.3) is 0 Å². The molecule has 118 valence electrons. The maximum atomic E-state index is 9.46. The summed E-state index contributed by atoms with van der Waals surface area (Å²) in [6.07, 6.45) is 6.57. The molecule has 0 bridgehead atoms. The summed E-state index contributed by atoms with van der Waals surface area (Å²) in [7, 11) is 0. The average Bonchev–Trinajstić information content (AvgIpc) is 2.98. The summed E-state index contributed by atoms with van der Waals surface area (Å²) in [5, 5.41) is 12.8. The van der Waals surface area contributed by atoms with Gasteiger partial charge in [0, 0.05) is 24.7 Å². The van der Waals surface area contributed by atoms with E-state index in [9.17, 15) is 5.11 Å². The van der Waals surface area contributed by atoms with Crippen molar-refractivity contribution in [1.82, 2.24) is 9.97 Å². The standard InChI is InChI=1S/C16H28N4O/c1-4-17-15-14(12(2)3)16(19-11-18-15)20(9-10-21)13-7-5-6-8-13/h11-13,21H,4-10H2,1-3H3,(H,17,18,19). The summed E-state index contributed by atoms with van der Waals surface area (Å²) in [5.41, 5.74) is 1.17. The van der Waals surface area contributed by atoms with E-state index in [1.54, 1.807) is 6.33 Å². The van der Waals surface area contributed by atoms with Gasteiger partial charge in [-0.2, -0.15) is 0 Å². The van der Waals surface area contributed by atoms with E-state index in [0.717, 1.165) is 18.2 Å². The van der Waals surface area contributed by atoms with Gasteiger partial charge < -0.3 is 15.3 Å². The normalized spacial score (nSPS) is 15.7. The monoisotopic (exact) mass is 292 g/mol. The van der Waals surface area contributed by atoms with Gasteiger partial charge in [-0.25, -0.2) is 9.97 Å². The fourth-order valence-corrected chi connectivity index (χ4v) is 3.24. The molecule has 1 aliphatic carbocycles. The van der Waals surface area contributed by atoms with Crippen LogP contribution in [0.1, 0.15) is 57.9 Å². The minimum atomic E-state index is 0.161. The molecule has 21 heavy (non-hydrogen) atoms. The third-order valence-electron chi connectivity index (χ3n) is 4.16. The van der Waals surface area contributed by atoms with Crippen molar-refractivity contribution in [3.8, 4) is 0 Å². The molecule has 5 nitrogen and oxygen atoms in total. The van der Waals surface area contributed by atoms with Gasteiger partial charge in [0.2, 0.25) is 0 Å². The van der Waals surface area contributed by atoms with Gasteiger partial charge in [0.1, 0.15) is 18.0 Å². The molecule has 1 aliphatic rings. The Morgan fingerprint density at radius 1 is 1.33 bits per heavy atom. The van der Waals surface area contributed by atoms with E-state index in [0.29, 0.717) is 18.5 Å². The van der Waals surface area contributed by atoms with Gasteiger partial charge in [0.15, 0.2) is 0 Å². The lowest BCUT2D eigenvalue weighted by atomic mass is 10.0. The van der Waals surface area contributed by atoms with Gasteiger partial charge in [-0.3, -0.25) is 0 Å². The summed E-state index contributed by atoms with van der Waals surface area (Å²) in [6.45, 7) is 8.08. The fourth-order valence-electron chi connectivity index (χ4n) is 3.24. The molecule has 0 aromatic carbocycles. The molecule has 0 saturated heterocycles. The summed E-state index contributed by atoms with van der Waals surface area (Å²) >= 11 is 0. The number of aromatic nitrogens is 2. The second-order valence-electron chi connectivity index (χ2n) is 6.00. The highest BCUT2D eigenvalue weighted by Crippen LogP contribution is 2.34. The number of anilines is 2. The van der Waals surface area contributed by atoms with Crippen LogP contribution in [0.4, 0.5) is 11.6 Å². The van der Waals surface area contributed by atoms with Gasteiger partial charge in [0.25, 0.3) is 0 Å². The first kappa shape index (κ1) is 16.0. The van der Waals surface area contributed by atoms with Crippen LogP contribution in [0.3, 0.4) is 0 Å². The van der Waals surface area contributed by atoms with Crippen LogP contribution in [0.5, 0.6) is 0 Å². The summed E-state index contributed by atoms with van der Waals surface area (Å²) in [5.74, 6) is 2.27. The highest BCUT2D eigenvalue weighted by molar-refractivity contribution is 5.60. The number of nitrogens with one attached hydrogen (secondary N) is 1. The molecule has 0 atom stereocenters. The Morgan fingerprint density at radius 2 is 2.05 bits per heavy atom. The average molecular weight is 292 g/mol. The first-order valence-electron chi connectivity index (χ1n) is 8.15. The van der Waals surface area contributed by atoms with Crippen LogP contribution >= 0.6 is 0 Å². The third-order valence-corrected chi connectivity index (χ3v) is 4.16. The molecule has 0 aliphatic heterocycles. The van der Waals surface area contributed by atoms with Gasteiger partial charge >= 0.3 is 0 Å². The Balaban J connectivity index is 2.40. The maximum Gasteiger partial charge on any atom is 0.137 e. The molecular weight excluding hydrogens is 264 g/mol. The van der Waals surface area contributed by atoms with E-state index < -0.39 is 0 Å². The van der Waals surface area contributed by atoms with Crippen molar-refractivity contribution in [3.63, 3.8) is 0 Å². The second-order valence-corrected chi connectivity index (χ2v) is 6.00. The molecule has 0 amide bonds. The number of rotatable bonds is 7. The van der Waals surface area contributed by atoms with Crippen molar-refractivity contribution in [1.29, 1.82) is 0 Å². The minimum absolute atomic E-state index is 0.161. The zero-order valence-corrected chi connectivity index (χ0v) is 13.5. The summed E-state index contributed by atoms with van der Waals surface area (Å²) < 4.78 is 0. The lowest BCUT2D eigenvalue weighted by molar-refractivity contribution is 0.296. The van der Waals surface area contributed by atoms with E-state index in [2.05, 4.69) is 41.0 Å². The largest absolute Gasteiger partial charge is 0.395 e. The topological polar surface area (TPSA) is 61.3 Å². The molecule has 1 heterocycles. The number of aliphatic hydroxyl groups is 1. The second kappa shape index (κ2) is 7.59. The maximum absolute atomic E-state index is 9.46. The molecule has 1 fully saturated rings. The predicted molar refractivity (Wildman–Crippen MR) is 87.0 cm³/mol. The molecule has 1 saturated carbocycles. The van der Waals surface area contributed by atoms with Crippen LogP contribution in [0.2, 0.25) is 0 Å². The summed E-state index contributed by atoms with van der Waals surface area (Å²) in [6, 6.07) is 0.499. The Hall–Kier alpha value is -1.36. The molecule has 1 aromatic heterocycles. The van der Waals surface area contributed by atoms with Gasteiger partial charge in [-0.1, -0.05) is 26.7 Å². The molecule has 5 heteroatoms. The molecule has 0 unspecified atom stereocenters. The smallest absolute Gasteiger partial charge is 0.137 e. The number of hydrogen-bond donors (Lipinski definition) is 2. The lowest BCUT2D eigenvalue weighted by Crippen LogP contribution is -2.37. The number of hydrogen-bond acceptors (Lipinski definition) is 5. The van der Waals surface area contributed by atoms with Crippen LogP contribution in [-0.4, -0.2) is 40.8 Å². The predicted octanol–water partition coefficient (Wildman–Crippen LogP) is 2.77. The van der Waals surface area contributed by atoms with Crippen molar-refractivity contribution in [2.75, 3.05) is 29.9 Å². The summed E-state index contributed by atoms with van der Waals surface area (Å²) in [4.78, 5) is 11.3. The van der Waals surface area contributed by atoms with Gasteiger partial charge in [-0.15, -0.1) is 0 Å². The number of aliphatic hydroxyl groups excluding tert-OH is 1. The first-order valence-corrected chi connectivity index (χ1v) is 8.15. The van der Waals surface area contributed by atoms with Crippen molar-refractivity contribution in [2.45, 2.75) is 58.4 Å². The van der Waals surface area contributed by atoms with E-state index >= 15 is 0 Å². The highest BCUT2D eigenvalue weighted by atomic mass is 16.3. The van der Waals surface area contributed by atoms with Crippen LogP contribution in [0.15, 0.2) is 6.33 Å². The van der Waals surface area contributed by atoms with E-state index in [1.165, 1.54) is 31.2 Å². The van der Waals surface area contributed by atoms with Crippen LogP contribution in [-0.2, 0) is 0 Å². The first-order chi connectivity index (χ1) is 10.2. The molecule has 0 spiro atoms. The zero-order valence-electron chi connectivity index (χ0n) is 13.5. The molecular formula is C16H28N4O.